The number of sulfone groups is 2. The van der Waals surface area contributed by atoms with Gasteiger partial charge in [-0.05, 0) is 128 Å². The third-order valence-corrected chi connectivity index (χ3v) is 16.0. The van der Waals surface area contributed by atoms with Gasteiger partial charge >= 0.3 is 5.97 Å². The molecule has 0 aliphatic carbocycles. The maximum atomic E-state index is 13.6. The Kier molecular flexibility index (Phi) is 23.5. The molecule has 346 valence electrons. The predicted molar refractivity (Wildman–Crippen MR) is 257 cm³/mol. The summed E-state index contributed by atoms with van der Waals surface area (Å²) in [5.74, 6) is 4.17. The predicted octanol–water partition coefficient (Wildman–Crippen LogP) is 9.18. The normalized spacial score (nSPS) is 12.8. The summed E-state index contributed by atoms with van der Waals surface area (Å²) < 4.78 is 70.5. The van der Waals surface area contributed by atoms with E-state index in [-0.39, 0.29) is 50.9 Å². The van der Waals surface area contributed by atoms with Crippen LogP contribution in [0.25, 0.3) is 0 Å². The number of esters is 1. The van der Waals surface area contributed by atoms with E-state index in [9.17, 15) is 21.6 Å². The quantitative estimate of drug-likeness (QED) is 0.0315. The fourth-order valence-corrected chi connectivity index (χ4v) is 10.7. The van der Waals surface area contributed by atoms with Crippen LogP contribution in [-0.2, 0) is 29.2 Å². The Morgan fingerprint density at radius 3 is 1.41 bits per heavy atom. The van der Waals surface area contributed by atoms with Crippen LogP contribution in [0.15, 0.2) is 117 Å². The molecule has 0 aliphatic heterocycles. The van der Waals surface area contributed by atoms with Crippen LogP contribution in [-0.4, -0.2) is 103 Å². The van der Waals surface area contributed by atoms with Gasteiger partial charge in [-0.1, -0.05) is 61.7 Å². The number of thioether (sulfide) groups is 2. The van der Waals surface area contributed by atoms with Crippen LogP contribution in [0, 0.1) is 0 Å². The summed E-state index contributed by atoms with van der Waals surface area (Å²) in [6, 6.07) is 23.2. The minimum absolute atomic E-state index is 0.0268. The second-order valence-electron chi connectivity index (χ2n) is 14.9. The molecule has 4 rings (SSSR count). The van der Waals surface area contributed by atoms with E-state index in [0.717, 1.165) is 30.3 Å². The number of aliphatic hydroxyl groups excluding tert-OH is 1. The van der Waals surface area contributed by atoms with E-state index < -0.39 is 31.2 Å². The van der Waals surface area contributed by atoms with E-state index in [0.29, 0.717) is 23.1 Å². The van der Waals surface area contributed by atoms with Crippen molar-refractivity contribution >= 4 is 72.4 Å². The number of aliphatic hydroxyl groups is 1. The summed E-state index contributed by atoms with van der Waals surface area (Å²) in [6.07, 6.45) is 10.2. The summed E-state index contributed by atoms with van der Waals surface area (Å²) >= 11 is 15.8. The monoisotopic (exact) mass is 982 g/mol. The van der Waals surface area contributed by atoms with Crippen LogP contribution in [0.2, 0.25) is 10.0 Å². The van der Waals surface area contributed by atoms with Crippen LogP contribution in [0.3, 0.4) is 0 Å². The zero-order valence-electron chi connectivity index (χ0n) is 35.8. The number of ether oxygens (including phenoxy) is 3. The fourth-order valence-electron chi connectivity index (χ4n) is 6.17. The molecule has 1 atom stereocenters. The van der Waals surface area contributed by atoms with E-state index >= 15 is 0 Å². The highest BCUT2D eigenvalue weighted by atomic mass is 35.5. The number of carbonyl (C=O) groups excluding carboxylic acids is 1. The number of halogens is 2. The molecule has 11 nitrogen and oxygen atoms in total. The Bertz CT molecular complexity index is 2150. The zero-order valence-corrected chi connectivity index (χ0v) is 40.6. The highest BCUT2D eigenvalue weighted by Crippen LogP contribution is 2.29. The van der Waals surface area contributed by atoms with Gasteiger partial charge in [-0.2, -0.15) is 23.5 Å². The second-order valence-corrected chi connectivity index (χ2v) is 22.1. The lowest BCUT2D eigenvalue weighted by Gasteiger charge is -2.28. The van der Waals surface area contributed by atoms with E-state index in [1.54, 1.807) is 0 Å². The molecular formula is C46H60Cl2N2O9S4. The van der Waals surface area contributed by atoms with Gasteiger partial charge in [-0.25, -0.2) is 21.6 Å². The van der Waals surface area contributed by atoms with Crippen molar-refractivity contribution in [2.24, 2.45) is 0 Å². The first kappa shape index (κ1) is 52.6. The van der Waals surface area contributed by atoms with E-state index in [2.05, 4.69) is 10.6 Å². The first-order chi connectivity index (χ1) is 30.3. The maximum Gasteiger partial charge on any atom is 0.353 e. The summed E-state index contributed by atoms with van der Waals surface area (Å²) in [7, 11) is -7.66. The Labute approximate surface area is 392 Å². The second kappa shape index (κ2) is 28.1. The number of nitrogens with one attached hydrogen (secondary N) is 2. The summed E-state index contributed by atoms with van der Waals surface area (Å²) in [5.41, 5.74) is -1.68. The van der Waals surface area contributed by atoms with Gasteiger partial charge in [-0.15, -0.1) is 0 Å². The van der Waals surface area contributed by atoms with Gasteiger partial charge in [0.2, 0.25) is 25.3 Å². The van der Waals surface area contributed by atoms with E-state index in [4.69, 9.17) is 42.5 Å². The van der Waals surface area contributed by atoms with Crippen molar-refractivity contribution in [2.75, 3.05) is 69.0 Å². The number of hydrogen-bond acceptors (Lipinski definition) is 13. The Morgan fingerprint density at radius 2 is 0.968 bits per heavy atom. The van der Waals surface area contributed by atoms with Gasteiger partial charge in [0.05, 0.1) is 26.2 Å². The summed E-state index contributed by atoms with van der Waals surface area (Å²) in [4.78, 5) is 13.9. The lowest BCUT2D eigenvalue weighted by Crippen LogP contribution is -2.48. The lowest BCUT2D eigenvalue weighted by molar-refractivity contribution is -0.163. The molecule has 0 heterocycles. The van der Waals surface area contributed by atoms with Crippen LogP contribution in [0.4, 0.5) is 0 Å². The van der Waals surface area contributed by atoms with Crippen LogP contribution in [0.5, 0.6) is 11.5 Å². The number of benzene rings is 4. The van der Waals surface area contributed by atoms with Crippen LogP contribution >= 0.6 is 46.7 Å². The van der Waals surface area contributed by atoms with Gasteiger partial charge in [0.1, 0.15) is 24.7 Å². The third-order valence-electron chi connectivity index (χ3n) is 9.78. The molecule has 4 aromatic carbocycles. The number of carbonyl (C=O) groups is 1. The molecule has 0 bridgehead atoms. The van der Waals surface area contributed by atoms with E-state index in [1.807, 2.05) is 23.5 Å². The molecule has 0 saturated heterocycles. The molecule has 63 heavy (non-hydrogen) atoms. The van der Waals surface area contributed by atoms with Crippen LogP contribution in [0.1, 0.15) is 58.3 Å². The Hall–Kier alpha value is -2.99. The Morgan fingerprint density at radius 1 is 0.571 bits per heavy atom. The number of unbranched alkanes of at least 4 members (excludes halogenated alkanes) is 7. The third kappa shape index (κ3) is 18.4. The summed E-state index contributed by atoms with van der Waals surface area (Å²) in [5, 5.41) is 16.1. The molecule has 1 unspecified atom stereocenters. The van der Waals surface area contributed by atoms with Gasteiger partial charge in [0.15, 0.2) is 0 Å². The van der Waals surface area contributed by atoms with Crippen molar-refractivity contribution < 1.29 is 40.9 Å². The number of rotatable bonds is 32. The van der Waals surface area contributed by atoms with Gasteiger partial charge < -0.3 is 30.0 Å². The zero-order chi connectivity index (χ0) is 45.4. The molecule has 0 radical (unpaired) electrons. The Balaban J connectivity index is 1.21. The molecule has 0 saturated carbocycles. The fraction of sp³-hybridized carbons (Fsp3) is 0.457. The minimum Gasteiger partial charge on any atom is -0.489 e. The first-order valence-electron chi connectivity index (χ1n) is 21.2. The van der Waals surface area contributed by atoms with Crippen molar-refractivity contribution in [3.05, 3.63) is 107 Å². The molecule has 0 aliphatic rings. The average molecular weight is 984 g/mol. The van der Waals surface area contributed by atoms with Crippen molar-refractivity contribution in [3.8, 4) is 11.5 Å². The molecule has 0 aromatic heterocycles. The van der Waals surface area contributed by atoms with Gasteiger partial charge in [0, 0.05) is 47.7 Å². The average Bonchev–Trinajstić information content (AvgIpc) is 3.28. The van der Waals surface area contributed by atoms with Gasteiger partial charge in [-0.3, -0.25) is 0 Å². The topological polar surface area (TPSA) is 157 Å². The number of hydrogen-bond donors (Lipinski definition) is 3. The molecule has 0 amide bonds. The standard InChI is InChI=1S/C46H60Cl2N2O9S4/c1-46(59-40-16-24-44(25-17-40)63(55,56)42-20-12-38(48)13-21-42,36-58-39-14-22-43(23-15-39)62(53,54)41-18-10-37(47)11-19-41)45(52)57-31-27-50-29-35-61-33-9-7-5-3-2-4-6-8-32-60-34-28-49-26-30-51/h10-25,49-51H,2-9,26-36H2,1H3. The van der Waals surface area contributed by atoms with Crippen molar-refractivity contribution in [1.82, 2.24) is 10.6 Å². The lowest BCUT2D eigenvalue weighted by atomic mass is 10.1. The van der Waals surface area contributed by atoms with Crippen molar-refractivity contribution in [2.45, 2.75) is 83.5 Å². The molecule has 0 spiro atoms. The van der Waals surface area contributed by atoms with E-state index in [1.165, 1.54) is 161 Å². The largest absolute Gasteiger partial charge is 0.489 e. The molecule has 17 heteroatoms. The summed E-state index contributed by atoms with van der Waals surface area (Å²) in [6.45, 7) is 4.33. The van der Waals surface area contributed by atoms with Crippen LogP contribution < -0.4 is 20.1 Å². The smallest absolute Gasteiger partial charge is 0.353 e. The maximum absolute atomic E-state index is 13.6. The SMILES string of the molecule is CC(COc1ccc(S(=O)(=O)c2ccc(Cl)cc2)cc1)(Oc1ccc(S(=O)(=O)c2ccc(Cl)cc2)cc1)C(=O)OCCNCCSCCCCCCCCCCSCCNCCO. The highest BCUT2D eigenvalue weighted by Gasteiger charge is 2.39. The molecule has 0 fully saturated rings. The van der Waals surface area contributed by atoms with Crippen molar-refractivity contribution in [3.63, 3.8) is 0 Å². The highest BCUT2D eigenvalue weighted by molar-refractivity contribution is 7.99. The molecule has 4 aromatic rings. The van der Waals surface area contributed by atoms with Crippen molar-refractivity contribution in [1.29, 1.82) is 0 Å². The molecular weight excluding hydrogens is 924 g/mol. The minimum atomic E-state index is -3.84. The van der Waals surface area contributed by atoms with Gasteiger partial charge in [0.25, 0.3) is 0 Å². The molecule has 3 N–H and O–H groups in total. The first-order valence-corrected chi connectivity index (χ1v) is 27.3.